The van der Waals surface area contributed by atoms with E-state index < -0.39 is 0 Å². The van der Waals surface area contributed by atoms with Crippen LogP contribution < -0.4 is 9.80 Å². The Kier molecular flexibility index (Phi) is 4.34. The highest BCUT2D eigenvalue weighted by molar-refractivity contribution is 5.74. The molecule has 3 rings (SSSR count). The summed E-state index contributed by atoms with van der Waals surface area (Å²) >= 11 is 0. The van der Waals surface area contributed by atoms with Gasteiger partial charge in [-0.25, -0.2) is 4.39 Å². The molecular weight excluding hydrogens is 281 g/mol. The topological polar surface area (TPSA) is 26.8 Å². The van der Waals surface area contributed by atoms with E-state index in [0.29, 0.717) is 5.69 Å². The smallest absolute Gasteiger partial charge is 0.146 e. The quantitative estimate of drug-likeness (QED) is 0.799. The van der Waals surface area contributed by atoms with Crippen LogP contribution in [0.25, 0.3) is 0 Å². The van der Waals surface area contributed by atoms with Crippen LogP contribution >= 0.6 is 0 Å². The molecule has 22 heavy (non-hydrogen) atoms. The van der Waals surface area contributed by atoms with Gasteiger partial charge in [-0.1, -0.05) is 0 Å². The Morgan fingerprint density at radius 3 is 2.55 bits per heavy atom. The number of nitrogens with zero attached hydrogens (tertiary/aromatic N) is 3. The van der Waals surface area contributed by atoms with Gasteiger partial charge in [-0.2, -0.15) is 0 Å². The first kappa shape index (κ1) is 15.3. The van der Waals surface area contributed by atoms with Crippen molar-refractivity contribution >= 4 is 17.7 Å². The number of hydrogen-bond acceptors (Lipinski definition) is 4. The molecule has 0 aliphatic carbocycles. The average molecular weight is 305 g/mol. The number of benzene rings is 1. The van der Waals surface area contributed by atoms with Gasteiger partial charge < -0.3 is 19.5 Å². The lowest BCUT2D eigenvalue weighted by molar-refractivity contribution is -0.109. The van der Waals surface area contributed by atoms with Crippen LogP contribution in [-0.4, -0.2) is 57.5 Å². The monoisotopic (exact) mass is 305 g/mol. The molecule has 2 heterocycles. The van der Waals surface area contributed by atoms with E-state index in [-0.39, 0.29) is 11.7 Å². The third kappa shape index (κ3) is 2.70. The van der Waals surface area contributed by atoms with Gasteiger partial charge in [-0.15, -0.1) is 0 Å². The van der Waals surface area contributed by atoms with Crippen molar-refractivity contribution in [1.29, 1.82) is 0 Å². The molecule has 0 aromatic heterocycles. The Balaban J connectivity index is 1.97. The summed E-state index contributed by atoms with van der Waals surface area (Å²) in [6.07, 6.45) is 1.73. The molecule has 1 aromatic rings. The number of carbonyl (C=O) groups is 1. The second-order valence-corrected chi connectivity index (χ2v) is 6.26. The molecule has 120 valence electrons. The maximum Gasteiger partial charge on any atom is 0.146 e. The summed E-state index contributed by atoms with van der Waals surface area (Å²) in [5.74, 6) is -0.373. The Labute approximate surface area is 131 Å². The van der Waals surface area contributed by atoms with Crippen molar-refractivity contribution in [1.82, 2.24) is 4.90 Å². The lowest BCUT2D eigenvalue weighted by Gasteiger charge is -2.37. The average Bonchev–Trinajstić information content (AvgIpc) is 2.54. The number of rotatable bonds is 3. The molecule has 0 saturated carbocycles. The van der Waals surface area contributed by atoms with Crippen molar-refractivity contribution < 1.29 is 9.18 Å². The Hall–Kier alpha value is -1.62. The molecule has 0 bridgehead atoms. The molecule has 1 unspecified atom stereocenters. The van der Waals surface area contributed by atoms with Gasteiger partial charge in [0.05, 0.1) is 5.69 Å². The van der Waals surface area contributed by atoms with Crippen LogP contribution in [0.15, 0.2) is 12.1 Å². The van der Waals surface area contributed by atoms with Crippen LogP contribution in [0.5, 0.6) is 0 Å². The predicted octanol–water partition coefficient (Wildman–Crippen LogP) is 2.09. The van der Waals surface area contributed by atoms with Crippen molar-refractivity contribution in [2.45, 2.75) is 19.3 Å². The number of halogens is 1. The minimum atomic E-state index is -0.201. The minimum Gasteiger partial charge on any atom is -0.371 e. The van der Waals surface area contributed by atoms with Crippen LogP contribution in [0.4, 0.5) is 15.8 Å². The van der Waals surface area contributed by atoms with Gasteiger partial charge >= 0.3 is 0 Å². The first-order valence-electron chi connectivity index (χ1n) is 8.11. The molecule has 0 amide bonds. The number of carbonyl (C=O) groups excluding carboxylic acids is 1. The van der Waals surface area contributed by atoms with Crippen LogP contribution in [0.2, 0.25) is 0 Å². The SMILES string of the molecule is CCN1CCC(C=O)c2cc(F)c(N3CCN(C)CC3)cc21. The van der Waals surface area contributed by atoms with Crippen LogP contribution in [0.1, 0.15) is 24.8 Å². The predicted molar refractivity (Wildman–Crippen MR) is 87.4 cm³/mol. The molecule has 1 fully saturated rings. The highest BCUT2D eigenvalue weighted by Gasteiger charge is 2.27. The minimum absolute atomic E-state index is 0.172. The van der Waals surface area contributed by atoms with Crippen LogP contribution in [-0.2, 0) is 4.79 Å². The molecular formula is C17H24FN3O. The first-order valence-corrected chi connectivity index (χ1v) is 8.11. The van der Waals surface area contributed by atoms with Gasteiger partial charge in [-0.3, -0.25) is 0 Å². The van der Waals surface area contributed by atoms with Crippen molar-refractivity contribution in [2.24, 2.45) is 0 Å². The van der Waals surface area contributed by atoms with Gasteiger partial charge in [0.25, 0.3) is 0 Å². The fraction of sp³-hybridized carbons (Fsp3) is 0.588. The Morgan fingerprint density at radius 2 is 1.91 bits per heavy atom. The zero-order valence-electron chi connectivity index (χ0n) is 13.4. The Bertz CT molecular complexity index is 555. The van der Waals surface area contributed by atoms with E-state index >= 15 is 0 Å². The summed E-state index contributed by atoms with van der Waals surface area (Å²) < 4.78 is 14.6. The molecule has 1 atom stereocenters. The van der Waals surface area contributed by atoms with E-state index in [4.69, 9.17) is 0 Å². The van der Waals surface area contributed by atoms with Gasteiger partial charge in [0, 0.05) is 50.9 Å². The largest absolute Gasteiger partial charge is 0.371 e. The third-order valence-corrected chi connectivity index (χ3v) is 4.94. The highest BCUT2D eigenvalue weighted by atomic mass is 19.1. The van der Waals surface area contributed by atoms with Gasteiger partial charge in [-0.05, 0) is 38.1 Å². The molecule has 0 spiro atoms. The van der Waals surface area contributed by atoms with Crippen molar-refractivity contribution in [3.63, 3.8) is 0 Å². The fourth-order valence-electron chi connectivity index (χ4n) is 3.47. The molecule has 5 heteroatoms. The molecule has 1 aromatic carbocycles. The number of anilines is 2. The summed E-state index contributed by atoms with van der Waals surface area (Å²) in [5, 5.41) is 0. The zero-order chi connectivity index (χ0) is 15.7. The molecule has 2 aliphatic heterocycles. The van der Waals surface area contributed by atoms with Crippen molar-refractivity contribution in [3.8, 4) is 0 Å². The fourth-order valence-corrected chi connectivity index (χ4v) is 3.47. The molecule has 2 aliphatic rings. The highest BCUT2D eigenvalue weighted by Crippen LogP contribution is 2.38. The van der Waals surface area contributed by atoms with Gasteiger partial charge in [0.15, 0.2) is 0 Å². The number of piperazine rings is 1. The summed E-state index contributed by atoms with van der Waals surface area (Å²) in [6.45, 7) is 7.43. The normalized spacial score (nSPS) is 22.6. The van der Waals surface area contributed by atoms with E-state index in [1.807, 2.05) is 6.07 Å². The van der Waals surface area contributed by atoms with E-state index in [2.05, 4.69) is 28.7 Å². The molecule has 1 saturated heterocycles. The van der Waals surface area contributed by atoms with Crippen LogP contribution in [0.3, 0.4) is 0 Å². The second-order valence-electron chi connectivity index (χ2n) is 6.26. The molecule has 0 radical (unpaired) electrons. The number of hydrogen-bond donors (Lipinski definition) is 0. The van der Waals surface area contributed by atoms with Crippen molar-refractivity contribution in [2.75, 3.05) is 56.1 Å². The standard InChI is InChI=1S/C17H24FN3O/c1-3-20-5-4-13(12-22)14-10-15(18)17(11-16(14)20)21-8-6-19(2)7-9-21/h10-13H,3-9H2,1-2H3. The zero-order valence-corrected chi connectivity index (χ0v) is 13.4. The van der Waals surface area contributed by atoms with Crippen LogP contribution in [0, 0.1) is 5.82 Å². The van der Waals surface area contributed by atoms with E-state index in [9.17, 15) is 9.18 Å². The molecule has 4 nitrogen and oxygen atoms in total. The number of likely N-dealkylation sites (N-methyl/N-ethyl adjacent to an activating group) is 1. The first-order chi connectivity index (χ1) is 10.6. The molecule has 0 N–H and O–H groups in total. The van der Waals surface area contributed by atoms with Gasteiger partial charge in [0.2, 0.25) is 0 Å². The van der Waals surface area contributed by atoms with E-state index in [0.717, 1.165) is 63.2 Å². The maximum atomic E-state index is 14.6. The van der Waals surface area contributed by atoms with E-state index in [1.54, 1.807) is 6.07 Å². The second kappa shape index (κ2) is 6.24. The Morgan fingerprint density at radius 1 is 1.18 bits per heavy atom. The summed E-state index contributed by atoms with van der Waals surface area (Å²) in [7, 11) is 2.09. The third-order valence-electron chi connectivity index (χ3n) is 4.94. The van der Waals surface area contributed by atoms with Crippen molar-refractivity contribution in [3.05, 3.63) is 23.5 Å². The van der Waals surface area contributed by atoms with Gasteiger partial charge in [0.1, 0.15) is 12.1 Å². The van der Waals surface area contributed by atoms with E-state index in [1.165, 1.54) is 0 Å². The lowest BCUT2D eigenvalue weighted by atomic mass is 9.90. The summed E-state index contributed by atoms with van der Waals surface area (Å²) in [4.78, 5) is 17.9. The maximum absolute atomic E-state index is 14.6. The lowest BCUT2D eigenvalue weighted by Crippen LogP contribution is -2.45. The number of fused-ring (bicyclic) bond motifs is 1. The summed E-state index contributed by atoms with van der Waals surface area (Å²) in [6, 6.07) is 3.54. The summed E-state index contributed by atoms with van der Waals surface area (Å²) in [5.41, 5.74) is 2.55. The number of aldehydes is 1.